The van der Waals surface area contributed by atoms with Crippen molar-refractivity contribution in [1.82, 2.24) is 20.3 Å². The molecule has 0 spiro atoms. The van der Waals surface area contributed by atoms with Gasteiger partial charge in [0.1, 0.15) is 35.5 Å². The summed E-state index contributed by atoms with van der Waals surface area (Å²) in [4.78, 5) is 25.3. The van der Waals surface area contributed by atoms with Crippen LogP contribution in [-0.2, 0) is 11.3 Å². The molecule has 1 amide bonds. The Kier molecular flexibility index (Phi) is 5.97. The molecule has 0 fully saturated rings. The van der Waals surface area contributed by atoms with Gasteiger partial charge in [-0.05, 0) is 24.3 Å². The van der Waals surface area contributed by atoms with Crippen molar-refractivity contribution in [2.45, 2.75) is 12.9 Å². The zero-order valence-electron chi connectivity index (χ0n) is 14.5. The zero-order chi connectivity index (χ0) is 21.2. The second kappa shape index (κ2) is 8.28. The number of nitrogens with zero attached hydrogens (tertiary/aromatic N) is 3. The molecule has 0 saturated carbocycles. The summed E-state index contributed by atoms with van der Waals surface area (Å²) in [6, 6.07) is 5.17. The summed E-state index contributed by atoms with van der Waals surface area (Å²) in [5.74, 6) is -0.809. The van der Waals surface area contributed by atoms with Gasteiger partial charge in [0.25, 0.3) is 0 Å². The number of benzene rings is 1. The summed E-state index contributed by atoms with van der Waals surface area (Å²) < 4.78 is 40.8. The predicted molar refractivity (Wildman–Crippen MR) is 103 cm³/mol. The quantitative estimate of drug-likeness (QED) is 0.515. The fourth-order valence-electron chi connectivity index (χ4n) is 2.29. The Morgan fingerprint density at radius 2 is 1.83 bits per heavy atom. The molecule has 140 valence electrons. The van der Waals surface area contributed by atoms with Crippen molar-refractivity contribution in [2.75, 3.05) is 0 Å². The highest BCUT2D eigenvalue weighted by atomic mass is 32.1. The van der Waals surface area contributed by atoms with Gasteiger partial charge in [-0.1, -0.05) is 5.47 Å². The fraction of sp³-hybridized carbons (Fsp3) is 0.125. The topological polar surface area (TPSA) is 77.0 Å². The number of alkyl halides is 3. The van der Waals surface area contributed by atoms with Gasteiger partial charge in [0, 0.05) is 5.56 Å². The van der Waals surface area contributed by atoms with Crippen LogP contribution in [0.4, 0.5) is 13.2 Å². The molecule has 6 nitrogen and oxygen atoms in total. The number of amides is 1. The lowest BCUT2D eigenvalue weighted by atomic mass is 9.69. The number of fused-ring (bicyclic) bond motifs is 1. The predicted octanol–water partition coefficient (Wildman–Crippen LogP) is 1.94. The first-order valence-electron chi connectivity index (χ1n) is 7.89. The van der Waals surface area contributed by atoms with Crippen LogP contribution in [0, 0.1) is 0 Å². The van der Waals surface area contributed by atoms with Gasteiger partial charge in [-0.25, -0.2) is 15.0 Å². The van der Waals surface area contributed by atoms with Crippen LogP contribution in [0.15, 0.2) is 40.6 Å². The third-order valence-electron chi connectivity index (χ3n) is 3.57. The molecular weight excluding hydrogens is 402 g/mol. The summed E-state index contributed by atoms with van der Waals surface area (Å²) in [5.41, 5.74) is 2.59. The lowest BCUT2D eigenvalue weighted by Crippen LogP contribution is -2.26. The molecule has 13 heteroatoms. The molecule has 1 N–H and O–H groups in total. The van der Waals surface area contributed by atoms with Gasteiger partial charge in [-0.2, -0.15) is 5.37 Å². The van der Waals surface area contributed by atoms with Crippen molar-refractivity contribution in [3.63, 3.8) is 0 Å². The molecule has 1 aromatic carbocycles. The fourth-order valence-corrected chi connectivity index (χ4v) is 2.96. The number of thiazole rings is 1. The minimum atomic E-state index is -4.78. The van der Waals surface area contributed by atoms with Crippen LogP contribution in [0.25, 0.3) is 21.6 Å². The number of halogens is 3. The van der Waals surface area contributed by atoms with Crippen molar-refractivity contribution >= 4 is 51.1 Å². The van der Waals surface area contributed by atoms with Crippen LogP contribution in [0.5, 0.6) is 5.75 Å². The van der Waals surface area contributed by atoms with Crippen molar-refractivity contribution < 1.29 is 22.7 Å². The van der Waals surface area contributed by atoms with E-state index in [1.165, 1.54) is 35.6 Å². The molecule has 29 heavy (non-hydrogen) atoms. The minimum Gasteiger partial charge on any atom is -0.406 e. The standard InChI is InChI=1S/C16H8B3F3N4O2S/c17-10(13(18)19)14(27)23-5-9-25-11(12-15(26-9)29-6-24-12)7-1-3-8(4-2-7)28-16(20,21)22/h1-4,6H,5H2,(H,23,27). The van der Waals surface area contributed by atoms with Crippen molar-refractivity contribution in [2.24, 2.45) is 0 Å². The van der Waals surface area contributed by atoms with Crippen LogP contribution in [0.3, 0.4) is 0 Å². The summed E-state index contributed by atoms with van der Waals surface area (Å²) in [7, 11) is 16.0. The second-order valence-corrected chi connectivity index (χ2v) is 6.45. The summed E-state index contributed by atoms with van der Waals surface area (Å²) >= 11 is 1.24. The van der Waals surface area contributed by atoms with E-state index in [2.05, 4.69) is 25.0 Å². The van der Waals surface area contributed by atoms with Gasteiger partial charge >= 0.3 is 6.36 Å². The van der Waals surface area contributed by atoms with Crippen LogP contribution in [-0.4, -0.2) is 50.8 Å². The summed E-state index contributed by atoms with van der Waals surface area (Å²) in [5, 5.41) is 2.17. The molecule has 0 aliphatic carbocycles. The Balaban J connectivity index is 1.89. The lowest BCUT2D eigenvalue weighted by molar-refractivity contribution is -0.274. The number of carbonyl (C=O) groups excluding carboxylic acids is 1. The Morgan fingerprint density at radius 3 is 2.45 bits per heavy atom. The van der Waals surface area contributed by atoms with Gasteiger partial charge in [-0.15, -0.1) is 24.5 Å². The Labute approximate surface area is 170 Å². The van der Waals surface area contributed by atoms with Gasteiger partial charge in [-0.3, -0.25) is 4.79 Å². The van der Waals surface area contributed by atoms with E-state index >= 15 is 0 Å². The molecule has 2 aromatic heterocycles. The molecule has 0 aliphatic rings. The van der Waals surface area contributed by atoms with Crippen molar-refractivity contribution in [3.8, 4) is 17.0 Å². The molecular formula is C16H8B3F3N4O2S. The van der Waals surface area contributed by atoms with E-state index in [1.807, 2.05) is 0 Å². The maximum atomic E-state index is 12.3. The van der Waals surface area contributed by atoms with Crippen molar-refractivity contribution in [3.05, 3.63) is 46.4 Å². The normalized spacial score (nSPS) is 11.3. The molecule has 2 heterocycles. The third-order valence-corrected chi connectivity index (χ3v) is 4.29. The van der Waals surface area contributed by atoms with E-state index in [4.69, 9.17) is 23.5 Å². The SMILES string of the molecule is [B]C([B])=C([B])C(=O)NCc1nc(-c2ccc(OC(F)(F)F)cc2)c2ncsc2n1. The molecule has 6 radical (unpaired) electrons. The number of hydrogen-bond donors (Lipinski definition) is 1. The molecule has 0 atom stereocenters. The number of nitrogens with one attached hydrogen (secondary N) is 1. The average molecular weight is 410 g/mol. The van der Waals surface area contributed by atoms with E-state index in [9.17, 15) is 18.0 Å². The second-order valence-electron chi connectivity index (χ2n) is 5.62. The first kappa shape index (κ1) is 20.9. The first-order valence-corrected chi connectivity index (χ1v) is 8.77. The number of aromatic nitrogens is 3. The zero-order valence-corrected chi connectivity index (χ0v) is 15.3. The van der Waals surface area contributed by atoms with Gasteiger partial charge < -0.3 is 10.1 Å². The smallest absolute Gasteiger partial charge is 0.406 e. The number of ether oxygens (including phenoxy) is 1. The van der Waals surface area contributed by atoms with E-state index in [0.717, 1.165) is 0 Å². The maximum absolute atomic E-state index is 12.3. The Bertz CT molecular complexity index is 1080. The van der Waals surface area contributed by atoms with Crippen LogP contribution < -0.4 is 10.1 Å². The largest absolute Gasteiger partial charge is 0.573 e. The van der Waals surface area contributed by atoms with E-state index in [0.29, 0.717) is 21.6 Å². The maximum Gasteiger partial charge on any atom is 0.573 e. The van der Waals surface area contributed by atoms with E-state index < -0.39 is 12.3 Å². The number of hydrogen-bond acceptors (Lipinski definition) is 6. The van der Waals surface area contributed by atoms with Crippen LogP contribution in [0.2, 0.25) is 0 Å². The first-order chi connectivity index (χ1) is 13.6. The lowest BCUT2D eigenvalue weighted by Gasteiger charge is -2.10. The highest BCUT2D eigenvalue weighted by Gasteiger charge is 2.31. The summed E-state index contributed by atoms with van der Waals surface area (Å²) in [6.45, 7) is -0.0804. The van der Waals surface area contributed by atoms with Crippen LogP contribution in [0.1, 0.15) is 5.82 Å². The number of carbonyl (C=O) groups is 1. The van der Waals surface area contributed by atoms with Gasteiger partial charge in [0.2, 0.25) is 5.91 Å². The van der Waals surface area contributed by atoms with Crippen LogP contribution >= 0.6 is 11.3 Å². The molecule has 0 unspecified atom stereocenters. The molecule has 3 aromatic rings. The Hall–Kier alpha value is -2.82. The Morgan fingerprint density at radius 1 is 1.14 bits per heavy atom. The highest BCUT2D eigenvalue weighted by Crippen LogP contribution is 2.30. The summed E-state index contributed by atoms with van der Waals surface area (Å²) in [6.07, 6.45) is -4.78. The monoisotopic (exact) mass is 410 g/mol. The van der Waals surface area contributed by atoms with Gasteiger partial charge in [0.05, 0.1) is 27.7 Å². The van der Waals surface area contributed by atoms with Gasteiger partial charge in [0.15, 0.2) is 0 Å². The molecule has 0 bridgehead atoms. The molecule has 0 saturated heterocycles. The number of rotatable bonds is 5. The minimum absolute atomic E-state index is 0.0804. The average Bonchev–Trinajstić information content (AvgIpc) is 3.12. The molecule has 3 rings (SSSR count). The molecule has 0 aliphatic heterocycles. The van der Waals surface area contributed by atoms with E-state index in [-0.39, 0.29) is 29.0 Å². The highest BCUT2D eigenvalue weighted by molar-refractivity contribution is 7.16. The van der Waals surface area contributed by atoms with E-state index in [1.54, 1.807) is 5.51 Å². The third kappa shape index (κ3) is 5.17. The van der Waals surface area contributed by atoms with Crippen molar-refractivity contribution in [1.29, 1.82) is 0 Å².